The van der Waals surface area contributed by atoms with Gasteiger partial charge in [-0.25, -0.2) is 4.79 Å². The van der Waals surface area contributed by atoms with Crippen LogP contribution in [0, 0.1) is 0 Å². The van der Waals surface area contributed by atoms with Gasteiger partial charge in [0, 0.05) is 5.54 Å². The van der Waals surface area contributed by atoms with Crippen LogP contribution in [-0.4, -0.2) is 11.6 Å². The maximum absolute atomic E-state index is 10.8. The minimum Gasteiger partial charge on any atom is -0.352 e. The van der Waals surface area contributed by atoms with E-state index in [0.717, 1.165) is 6.42 Å². The van der Waals surface area contributed by atoms with Gasteiger partial charge in [0.15, 0.2) is 0 Å². The van der Waals surface area contributed by atoms with Crippen LogP contribution < -0.4 is 11.1 Å². The van der Waals surface area contributed by atoms with Crippen LogP contribution in [0.5, 0.6) is 0 Å². The molecule has 0 fully saturated rings. The summed E-state index contributed by atoms with van der Waals surface area (Å²) in [7, 11) is 0. The van der Waals surface area contributed by atoms with Gasteiger partial charge >= 0.3 is 6.03 Å². The Kier molecular flexibility index (Phi) is 8.92. The first-order valence-corrected chi connectivity index (χ1v) is 7.05. The van der Waals surface area contributed by atoms with E-state index in [1.54, 1.807) is 0 Å². The third-order valence-corrected chi connectivity index (χ3v) is 3.12. The van der Waals surface area contributed by atoms with E-state index in [-0.39, 0.29) is 5.54 Å². The number of hydrogen-bond donors (Lipinski definition) is 2. The zero-order valence-corrected chi connectivity index (χ0v) is 11.8. The van der Waals surface area contributed by atoms with E-state index in [1.165, 1.54) is 51.4 Å². The van der Waals surface area contributed by atoms with E-state index in [9.17, 15) is 4.79 Å². The Hall–Kier alpha value is -0.730. The molecule has 0 unspecified atom stereocenters. The quantitative estimate of drug-likeness (QED) is 0.560. The number of primary amides is 1. The predicted octanol–water partition coefficient (Wildman–Crippen LogP) is 3.96. The van der Waals surface area contributed by atoms with Crippen LogP contribution in [-0.2, 0) is 0 Å². The molecular weight excluding hydrogens is 212 g/mol. The van der Waals surface area contributed by atoms with Crippen molar-refractivity contribution in [3.63, 3.8) is 0 Å². The standard InChI is InChI=1S/C14H30N2O/c1-4-5-6-7-8-9-10-11-12-14(2,3)16-13(15)17/h4-12H2,1-3H3,(H3,15,16,17). The normalized spacial score (nSPS) is 11.5. The van der Waals surface area contributed by atoms with Crippen LogP contribution in [0.3, 0.4) is 0 Å². The van der Waals surface area contributed by atoms with Gasteiger partial charge in [-0.3, -0.25) is 0 Å². The molecule has 0 aromatic rings. The van der Waals surface area contributed by atoms with E-state index in [0.29, 0.717) is 0 Å². The Morgan fingerprint density at radius 3 is 1.94 bits per heavy atom. The maximum Gasteiger partial charge on any atom is 0.312 e. The van der Waals surface area contributed by atoms with Gasteiger partial charge in [-0.2, -0.15) is 0 Å². The van der Waals surface area contributed by atoms with Crippen LogP contribution >= 0.6 is 0 Å². The van der Waals surface area contributed by atoms with Crippen LogP contribution in [0.4, 0.5) is 4.79 Å². The first kappa shape index (κ1) is 16.3. The summed E-state index contributed by atoms with van der Waals surface area (Å²) in [5.41, 5.74) is 4.97. The summed E-state index contributed by atoms with van der Waals surface area (Å²) in [6.45, 7) is 6.30. The first-order chi connectivity index (χ1) is 7.98. The average molecular weight is 242 g/mol. The topological polar surface area (TPSA) is 55.1 Å². The minimum atomic E-state index is -0.422. The molecule has 0 aromatic carbocycles. The van der Waals surface area contributed by atoms with Crippen LogP contribution in [0.2, 0.25) is 0 Å². The Balaban J connectivity index is 3.35. The molecule has 0 saturated heterocycles. The number of nitrogens with one attached hydrogen (secondary N) is 1. The number of carbonyl (C=O) groups excluding carboxylic acids is 1. The lowest BCUT2D eigenvalue weighted by atomic mass is 9.96. The fourth-order valence-electron chi connectivity index (χ4n) is 2.10. The van der Waals surface area contributed by atoms with Crippen molar-refractivity contribution in [2.24, 2.45) is 5.73 Å². The second kappa shape index (κ2) is 9.32. The van der Waals surface area contributed by atoms with Crippen LogP contribution in [0.25, 0.3) is 0 Å². The molecule has 102 valence electrons. The number of nitrogens with two attached hydrogens (primary N) is 1. The largest absolute Gasteiger partial charge is 0.352 e. The average Bonchev–Trinajstić information content (AvgIpc) is 2.20. The Labute approximate surface area is 107 Å². The monoisotopic (exact) mass is 242 g/mol. The summed E-state index contributed by atoms with van der Waals surface area (Å²) < 4.78 is 0. The molecule has 3 heteroatoms. The lowest BCUT2D eigenvalue weighted by Gasteiger charge is -2.25. The molecular formula is C14H30N2O. The first-order valence-electron chi connectivity index (χ1n) is 7.05. The second-order valence-corrected chi connectivity index (χ2v) is 5.60. The molecule has 0 aliphatic rings. The highest BCUT2D eigenvalue weighted by molar-refractivity contribution is 5.72. The summed E-state index contributed by atoms with van der Waals surface area (Å²) in [5.74, 6) is 0. The molecule has 0 aliphatic carbocycles. The number of amides is 2. The highest BCUT2D eigenvalue weighted by atomic mass is 16.2. The van der Waals surface area contributed by atoms with Crippen molar-refractivity contribution in [2.45, 2.75) is 84.1 Å². The van der Waals surface area contributed by atoms with Crippen molar-refractivity contribution in [3.8, 4) is 0 Å². The van der Waals surface area contributed by atoms with E-state index in [4.69, 9.17) is 5.73 Å². The molecule has 0 saturated carbocycles. The van der Waals surface area contributed by atoms with E-state index in [2.05, 4.69) is 12.2 Å². The molecule has 0 aromatic heterocycles. The van der Waals surface area contributed by atoms with Crippen molar-refractivity contribution in [1.82, 2.24) is 5.32 Å². The van der Waals surface area contributed by atoms with Crippen LogP contribution in [0.15, 0.2) is 0 Å². The molecule has 0 heterocycles. The molecule has 0 rings (SSSR count). The van der Waals surface area contributed by atoms with Gasteiger partial charge in [0.05, 0.1) is 0 Å². The molecule has 0 atom stereocenters. The molecule has 2 amide bonds. The number of urea groups is 1. The third kappa shape index (κ3) is 11.5. The highest BCUT2D eigenvalue weighted by Crippen LogP contribution is 2.15. The van der Waals surface area contributed by atoms with Crippen molar-refractivity contribution in [3.05, 3.63) is 0 Å². The number of carbonyl (C=O) groups is 1. The predicted molar refractivity (Wildman–Crippen MR) is 74.0 cm³/mol. The van der Waals surface area contributed by atoms with Crippen molar-refractivity contribution >= 4 is 6.03 Å². The van der Waals surface area contributed by atoms with E-state index >= 15 is 0 Å². The van der Waals surface area contributed by atoms with Gasteiger partial charge in [0.1, 0.15) is 0 Å². The molecule has 0 bridgehead atoms. The second-order valence-electron chi connectivity index (χ2n) is 5.60. The van der Waals surface area contributed by atoms with Gasteiger partial charge in [-0.15, -0.1) is 0 Å². The molecule has 3 N–H and O–H groups in total. The smallest absolute Gasteiger partial charge is 0.312 e. The minimum absolute atomic E-state index is 0.159. The van der Waals surface area contributed by atoms with E-state index < -0.39 is 6.03 Å². The van der Waals surface area contributed by atoms with Crippen molar-refractivity contribution in [1.29, 1.82) is 0 Å². The lowest BCUT2D eigenvalue weighted by Crippen LogP contribution is -2.46. The van der Waals surface area contributed by atoms with Gasteiger partial charge in [0.25, 0.3) is 0 Å². The van der Waals surface area contributed by atoms with E-state index in [1.807, 2.05) is 13.8 Å². The molecule has 0 radical (unpaired) electrons. The maximum atomic E-state index is 10.8. The Bertz CT molecular complexity index is 202. The van der Waals surface area contributed by atoms with Crippen LogP contribution in [0.1, 0.15) is 78.6 Å². The van der Waals surface area contributed by atoms with Gasteiger partial charge < -0.3 is 11.1 Å². The Morgan fingerprint density at radius 1 is 1.00 bits per heavy atom. The van der Waals surface area contributed by atoms with Gasteiger partial charge in [0.2, 0.25) is 0 Å². The summed E-state index contributed by atoms with van der Waals surface area (Å²) in [4.78, 5) is 10.8. The van der Waals surface area contributed by atoms with Crippen molar-refractivity contribution < 1.29 is 4.79 Å². The lowest BCUT2D eigenvalue weighted by molar-refractivity contribution is 0.235. The zero-order valence-electron chi connectivity index (χ0n) is 11.8. The molecule has 0 aliphatic heterocycles. The highest BCUT2D eigenvalue weighted by Gasteiger charge is 2.17. The fraction of sp³-hybridized carbons (Fsp3) is 0.929. The molecule has 17 heavy (non-hydrogen) atoms. The van der Waals surface area contributed by atoms with Crippen molar-refractivity contribution in [2.75, 3.05) is 0 Å². The summed E-state index contributed by atoms with van der Waals surface area (Å²) >= 11 is 0. The van der Waals surface area contributed by atoms with Gasteiger partial charge in [-0.1, -0.05) is 58.3 Å². The number of hydrogen-bond acceptors (Lipinski definition) is 1. The number of unbranched alkanes of at least 4 members (excludes halogenated alkanes) is 7. The summed E-state index contributed by atoms with van der Waals surface area (Å²) in [5, 5.41) is 2.78. The SMILES string of the molecule is CCCCCCCCCCC(C)(C)NC(N)=O. The molecule has 3 nitrogen and oxygen atoms in total. The summed E-state index contributed by atoms with van der Waals surface area (Å²) in [6, 6.07) is -0.422. The Morgan fingerprint density at radius 2 is 1.47 bits per heavy atom. The molecule has 0 spiro atoms. The fourth-order valence-corrected chi connectivity index (χ4v) is 2.10. The summed E-state index contributed by atoms with van der Waals surface area (Å²) in [6.07, 6.45) is 11.5. The number of rotatable bonds is 10. The zero-order chi connectivity index (χ0) is 13.1. The van der Waals surface area contributed by atoms with Gasteiger partial charge in [-0.05, 0) is 20.3 Å². The third-order valence-electron chi connectivity index (χ3n) is 3.12.